The molecule has 7 nitrogen and oxygen atoms in total. The first-order valence-electron chi connectivity index (χ1n) is 9.42. The fourth-order valence-electron chi connectivity index (χ4n) is 2.95. The largest absolute Gasteiger partial charge is 0.496 e. The van der Waals surface area contributed by atoms with Crippen LogP contribution < -0.4 is 19.5 Å². The van der Waals surface area contributed by atoms with Crippen molar-refractivity contribution in [3.63, 3.8) is 0 Å². The molecule has 156 valence electrons. The Kier molecular flexibility index (Phi) is 7.10. The molecule has 0 saturated heterocycles. The van der Waals surface area contributed by atoms with Gasteiger partial charge in [-0.05, 0) is 23.3 Å². The van der Waals surface area contributed by atoms with Crippen LogP contribution in [0.1, 0.15) is 16.7 Å². The predicted molar refractivity (Wildman–Crippen MR) is 115 cm³/mol. The number of ether oxygens (including phenoxy) is 3. The summed E-state index contributed by atoms with van der Waals surface area (Å²) in [4.78, 5) is 16.3. The van der Waals surface area contributed by atoms with Crippen LogP contribution in [0.3, 0.4) is 0 Å². The third-order valence-electron chi connectivity index (χ3n) is 4.56. The lowest BCUT2D eigenvalue weighted by molar-refractivity contribution is -0.116. The first-order chi connectivity index (χ1) is 14.6. The van der Waals surface area contributed by atoms with Gasteiger partial charge < -0.3 is 24.1 Å². The number of methoxy groups -OCH3 is 3. The van der Waals surface area contributed by atoms with Crippen LogP contribution in [0.5, 0.6) is 17.2 Å². The Labute approximate surface area is 175 Å². The second-order valence-corrected chi connectivity index (χ2v) is 6.55. The van der Waals surface area contributed by atoms with E-state index in [0.717, 1.165) is 12.1 Å². The summed E-state index contributed by atoms with van der Waals surface area (Å²) in [5.74, 6) is 1.51. The number of rotatable bonds is 9. The van der Waals surface area contributed by atoms with Gasteiger partial charge in [0.25, 0.3) is 0 Å². The van der Waals surface area contributed by atoms with E-state index in [1.54, 1.807) is 52.1 Å². The fraction of sp³-hybridized carbons (Fsp3) is 0.217. The van der Waals surface area contributed by atoms with E-state index < -0.39 is 0 Å². The van der Waals surface area contributed by atoms with Crippen LogP contribution in [-0.4, -0.2) is 36.8 Å². The van der Waals surface area contributed by atoms with Crippen molar-refractivity contribution in [2.45, 2.75) is 13.1 Å². The number of carbonyl (C=O) groups excluding carboxylic acids is 1. The topological polar surface area (TPSA) is 74.6 Å². The standard InChI is InChI=1S/C23H25N3O4/c1-28-20-13-22(30-3)21(29-2)12-19(20)8-9-23(27)25-14-17-4-6-18(7-5-17)15-26-11-10-24-16-26/h4-13,16H,14-15H2,1-3H3,(H,25,27)/b9-8+. The molecule has 2 aromatic carbocycles. The molecule has 0 saturated carbocycles. The van der Waals surface area contributed by atoms with Crippen LogP contribution in [-0.2, 0) is 17.9 Å². The normalized spacial score (nSPS) is 10.8. The van der Waals surface area contributed by atoms with Crippen molar-refractivity contribution < 1.29 is 19.0 Å². The molecular weight excluding hydrogens is 382 g/mol. The van der Waals surface area contributed by atoms with E-state index in [4.69, 9.17) is 14.2 Å². The number of benzene rings is 2. The fourth-order valence-corrected chi connectivity index (χ4v) is 2.95. The summed E-state index contributed by atoms with van der Waals surface area (Å²) in [5.41, 5.74) is 2.91. The minimum absolute atomic E-state index is 0.200. The molecule has 30 heavy (non-hydrogen) atoms. The average molecular weight is 407 g/mol. The number of nitrogens with one attached hydrogen (secondary N) is 1. The van der Waals surface area contributed by atoms with Gasteiger partial charge in [0, 0.05) is 43.2 Å². The molecule has 0 radical (unpaired) electrons. The zero-order valence-electron chi connectivity index (χ0n) is 17.3. The number of hydrogen-bond acceptors (Lipinski definition) is 5. The Balaban J connectivity index is 1.58. The van der Waals surface area contributed by atoms with Crippen molar-refractivity contribution in [3.05, 3.63) is 77.9 Å². The van der Waals surface area contributed by atoms with Gasteiger partial charge in [-0.3, -0.25) is 4.79 Å². The number of carbonyl (C=O) groups is 1. The maximum absolute atomic E-state index is 12.2. The molecule has 1 N–H and O–H groups in total. The SMILES string of the molecule is COc1cc(OC)c(OC)cc1/C=C/C(=O)NCc1ccc(Cn2ccnc2)cc1. The second-order valence-electron chi connectivity index (χ2n) is 6.55. The highest BCUT2D eigenvalue weighted by atomic mass is 16.5. The van der Waals surface area contributed by atoms with Gasteiger partial charge in [-0.2, -0.15) is 0 Å². The Bertz CT molecular complexity index is 996. The van der Waals surface area contributed by atoms with Gasteiger partial charge in [-0.15, -0.1) is 0 Å². The first kappa shape index (κ1) is 21.0. The molecule has 3 rings (SSSR count). The van der Waals surface area contributed by atoms with E-state index in [2.05, 4.69) is 10.3 Å². The van der Waals surface area contributed by atoms with Crippen LogP contribution in [0, 0.1) is 0 Å². The summed E-state index contributed by atoms with van der Waals surface area (Å²) in [6.45, 7) is 1.21. The van der Waals surface area contributed by atoms with E-state index in [9.17, 15) is 4.79 Å². The molecule has 1 amide bonds. The summed E-state index contributed by atoms with van der Waals surface area (Å²) in [7, 11) is 4.69. The maximum atomic E-state index is 12.2. The van der Waals surface area contributed by atoms with Crippen LogP contribution in [0.2, 0.25) is 0 Å². The molecule has 0 aliphatic rings. The molecule has 3 aromatic rings. The van der Waals surface area contributed by atoms with Gasteiger partial charge in [0.1, 0.15) is 5.75 Å². The zero-order valence-corrected chi connectivity index (χ0v) is 17.3. The number of aromatic nitrogens is 2. The van der Waals surface area contributed by atoms with E-state index in [0.29, 0.717) is 29.4 Å². The Hall–Kier alpha value is -3.74. The number of hydrogen-bond donors (Lipinski definition) is 1. The van der Waals surface area contributed by atoms with E-state index in [1.807, 2.05) is 35.0 Å². The Morgan fingerprint density at radius 1 is 1.00 bits per heavy atom. The minimum atomic E-state index is -0.200. The molecule has 0 atom stereocenters. The first-order valence-corrected chi connectivity index (χ1v) is 9.42. The zero-order chi connectivity index (χ0) is 21.3. The number of nitrogens with zero attached hydrogens (tertiary/aromatic N) is 2. The van der Waals surface area contributed by atoms with Gasteiger partial charge in [0.05, 0.1) is 27.7 Å². The summed E-state index contributed by atoms with van der Waals surface area (Å²) < 4.78 is 18.0. The highest BCUT2D eigenvalue weighted by Crippen LogP contribution is 2.35. The lowest BCUT2D eigenvalue weighted by Gasteiger charge is -2.12. The van der Waals surface area contributed by atoms with Crippen LogP contribution >= 0.6 is 0 Å². The van der Waals surface area contributed by atoms with Crippen molar-refractivity contribution in [2.75, 3.05) is 21.3 Å². The molecule has 1 heterocycles. The molecule has 0 bridgehead atoms. The highest BCUT2D eigenvalue weighted by molar-refractivity contribution is 5.92. The van der Waals surface area contributed by atoms with E-state index in [-0.39, 0.29) is 5.91 Å². The Morgan fingerprint density at radius 2 is 1.67 bits per heavy atom. The molecule has 0 unspecified atom stereocenters. The minimum Gasteiger partial charge on any atom is -0.496 e. The Morgan fingerprint density at radius 3 is 2.30 bits per heavy atom. The average Bonchev–Trinajstić information content (AvgIpc) is 3.29. The molecule has 0 spiro atoms. The van der Waals surface area contributed by atoms with Gasteiger partial charge in [0.15, 0.2) is 11.5 Å². The molecule has 0 aliphatic carbocycles. The molecule has 0 fully saturated rings. The maximum Gasteiger partial charge on any atom is 0.244 e. The van der Waals surface area contributed by atoms with Crippen LogP contribution in [0.15, 0.2) is 61.2 Å². The summed E-state index contributed by atoms with van der Waals surface area (Å²) >= 11 is 0. The monoisotopic (exact) mass is 407 g/mol. The number of imidazole rings is 1. The summed E-state index contributed by atoms with van der Waals surface area (Å²) in [6.07, 6.45) is 8.62. The molecular formula is C23H25N3O4. The van der Waals surface area contributed by atoms with E-state index >= 15 is 0 Å². The smallest absolute Gasteiger partial charge is 0.244 e. The summed E-state index contributed by atoms with van der Waals surface area (Å²) in [6, 6.07) is 11.6. The van der Waals surface area contributed by atoms with Crippen molar-refractivity contribution in [3.8, 4) is 17.2 Å². The third-order valence-corrected chi connectivity index (χ3v) is 4.56. The van der Waals surface area contributed by atoms with Gasteiger partial charge in [-0.1, -0.05) is 24.3 Å². The highest BCUT2D eigenvalue weighted by Gasteiger charge is 2.10. The van der Waals surface area contributed by atoms with Crippen LogP contribution in [0.4, 0.5) is 0 Å². The van der Waals surface area contributed by atoms with Gasteiger partial charge in [-0.25, -0.2) is 4.98 Å². The van der Waals surface area contributed by atoms with Crippen LogP contribution in [0.25, 0.3) is 6.08 Å². The van der Waals surface area contributed by atoms with Gasteiger partial charge >= 0.3 is 0 Å². The second kappa shape index (κ2) is 10.2. The number of amides is 1. The lowest BCUT2D eigenvalue weighted by Crippen LogP contribution is -2.20. The van der Waals surface area contributed by atoms with E-state index in [1.165, 1.54) is 11.6 Å². The molecule has 1 aromatic heterocycles. The van der Waals surface area contributed by atoms with Crippen molar-refractivity contribution in [2.24, 2.45) is 0 Å². The van der Waals surface area contributed by atoms with Gasteiger partial charge in [0.2, 0.25) is 5.91 Å². The molecule has 0 aliphatic heterocycles. The summed E-state index contributed by atoms with van der Waals surface area (Å²) in [5, 5.41) is 2.89. The van der Waals surface area contributed by atoms with Crippen molar-refractivity contribution >= 4 is 12.0 Å². The predicted octanol–water partition coefficient (Wildman–Crippen LogP) is 3.29. The lowest BCUT2D eigenvalue weighted by atomic mass is 10.1. The van der Waals surface area contributed by atoms with Crippen molar-refractivity contribution in [1.29, 1.82) is 0 Å². The van der Waals surface area contributed by atoms with Crippen molar-refractivity contribution in [1.82, 2.24) is 14.9 Å². The third kappa shape index (κ3) is 5.41. The quantitative estimate of drug-likeness (QED) is 0.551. The molecule has 7 heteroatoms.